The molecule has 1 fully saturated rings. The Balaban J connectivity index is 1.37. The van der Waals surface area contributed by atoms with E-state index in [1.54, 1.807) is 13.2 Å². The van der Waals surface area contributed by atoms with Gasteiger partial charge in [0.05, 0.1) is 0 Å². The molecule has 30 heavy (non-hydrogen) atoms. The van der Waals surface area contributed by atoms with Crippen LogP contribution in [0.2, 0.25) is 0 Å². The normalized spacial score (nSPS) is 17.3. The number of oxime groups is 1. The quantitative estimate of drug-likeness (QED) is 0.611. The molecule has 0 radical (unpaired) electrons. The number of anilines is 1. The maximum atomic E-state index is 13.0. The van der Waals surface area contributed by atoms with Crippen molar-refractivity contribution in [2.75, 3.05) is 45.2 Å². The summed E-state index contributed by atoms with van der Waals surface area (Å²) in [5, 5.41) is 7.06. The van der Waals surface area contributed by atoms with Crippen molar-refractivity contribution in [3.63, 3.8) is 0 Å². The standard InChI is InChI=1S/C23H26N4O3/c1-30-25-21(17-5-3-2-4-6-17)16-26-11-13-27(14-12-26)23(29)19-7-9-20-18(15-19)8-10-22(28)24-20/h2-7,9,15H,8,10-14,16H2,1H3,(H,24,28). The predicted octanol–water partition coefficient (Wildman–Crippen LogP) is 2.38. The summed E-state index contributed by atoms with van der Waals surface area (Å²) < 4.78 is 0. The summed E-state index contributed by atoms with van der Waals surface area (Å²) in [4.78, 5) is 33.7. The Kier molecular flexibility index (Phi) is 6.09. The van der Waals surface area contributed by atoms with Crippen LogP contribution in [0.15, 0.2) is 53.7 Å². The number of rotatable bonds is 5. The van der Waals surface area contributed by atoms with E-state index in [1.807, 2.05) is 47.4 Å². The molecule has 0 saturated carbocycles. The number of amides is 2. The summed E-state index contributed by atoms with van der Waals surface area (Å²) in [7, 11) is 1.56. The number of fused-ring (bicyclic) bond motifs is 1. The van der Waals surface area contributed by atoms with Crippen LogP contribution >= 0.6 is 0 Å². The summed E-state index contributed by atoms with van der Waals surface area (Å²) in [5.41, 5.74) is 4.46. The predicted molar refractivity (Wildman–Crippen MR) is 116 cm³/mol. The van der Waals surface area contributed by atoms with Gasteiger partial charge in [-0.2, -0.15) is 0 Å². The van der Waals surface area contributed by atoms with Gasteiger partial charge in [0.25, 0.3) is 5.91 Å². The molecule has 0 bridgehead atoms. The lowest BCUT2D eigenvalue weighted by atomic mass is 10.00. The molecule has 2 aliphatic rings. The zero-order valence-corrected chi connectivity index (χ0v) is 17.1. The highest BCUT2D eigenvalue weighted by Gasteiger charge is 2.24. The third-order valence-electron chi connectivity index (χ3n) is 5.59. The molecule has 1 N–H and O–H groups in total. The van der Waals surface area contributed by atoms with Crippen molar-refractivity contribution in [2.24, 2.45) is 5.16 Å². The second-order valence-corrected chi connectivity index (χ2v) is 7.58. The van der Waals surface area contributed by atoms with Gasteiger partial charge >= 0.3 is 0 Å². The van der Waals surface area contributed by atoms with E-state index < -0.39 is 0 Å². The summed E-state index contributed by atoms with van der Waals surface area (Å²) in [6.45, 7) is 3.58. The lowest BCUT2D eigenvalue weighted by Crippen LogP contribution is -2.50. The van der Waals surface area contributed by atoms with Gasteiger partial charge in [-0.15, -0.1) is 0 Å². The average Bonchev–Trinajstić information content (AvgIpc) is 2.79. The molecule has 2 aliphatic heterocycles. The van der Waals surface area contributed by atoms with E-state index in [0.717, 1.165) is 35.6 Å². The van der Waals surface area contributed by atoms with Gasteiger partial charge in [-0.1, -0.05) is 35.5 Å². The molecule has 0 spiro atoms. The zero-order chi connectivity index (χ0) is 20.9. The summed E-state index contributed by atoms with van der Waals surface area (Å²) >= 11 is 0. The van der Waals surface area contributed by atoms with Gasteiger partial charge in [0, 0.05) is 56.0 Å². The van der Waals surface area contributed by atoms with Crippen molar-refractivity contribution in [1.29, 1.82) is 0 Å². The van der Waals surface area contributed by atoms with E-state index in [4.69, 9.17) is 4.84 Å². The first-order valence-corrected chi connectivity index (χ1v) is 10.2. The van der Waals surface area contributed by atoms with Crippen molar-refractivity contribution in [3.8, 4) is 0 Å². The van der Waals surface area contributed by atoms with Gasteiger partial charge in [-0.25, -0.2) is 0 Å². The van der Waals surface area contributed by atoms with Gasteiger partial charge in [0.1, 0.15) is 12.8 Å². The van der Waals surface area contributed by atoms with Crippen LogP contribution in [-0.4, -0.2) is 67.2 Å². The largest absolute Gasteiger partial charge is 0.399 e. The minimum Gasteiger partial charge on any atom is -0.399 e. The van der Waals surface area contributed by atoms with Gasteiger partial charge in [0.15, 0.2) is 0 Å². The van der Waals surface area contributed by atoms with Crippen LogP contribution in [0.4, 0.5) is 5.69 Å². The Bertz CT molecular complexity index is 950. The molecular weight excluding hydrogens is 380 g/mol. The molecule has 0 aromatic heterocycles. The molecule has 0 aliphatic carbocycles. The molecule has 1 saturated heterocycles. The van der Waals surface area contributed by atoms with Crippen LogP contribution in [0, 0.1) is 0 Å². The fourth-order valence-electron chi connectivity index (χ4n) is 3.93. The molecule has 2 amide bonds. The highest BCUT2D eigenvalue weighted by Crippen LogP contribution is 2.24. The Morgan fingerprint density at radius 1 is 1.03 bits per heavy atom. The highest BCUT2D eigenvalue weighted by molar-refractivity contribution is 6.01. The minimum absolute atomic E-state index is 0.0320. The van der Waals surface area contributed by atoms with Gasteiger partial charge in [0.2, 0.25) is 5.91 Å². The van der Waals surface area contributed by atoms with Gasteiger partial charge < -0.3 is 15.1 Å². The first-order valence-electron chi connectivity index (χ1n) is 10.2. The summed E-state index contributed by atoms with van der Waals surface area (Å²) in [5.74, 6) is 0.0766. The van der Waals surface area contributed by atoms with Crippen LogP contribution in [0.3, 0.4) is 0 Å². The van der Waals surface area contributed by atoms with E-state index in [-0.39, 0.29) is 11.8 Å². The van der Waals surface area contributed by atoms with Crippen molar-refractivity contribution >= 4 is 23.2 Å². The molecular formula is C23H26N4O3. The zero-order valence-electron chi connectivity index (χ0n) is 17.1. The van der Waals surface area contributed by atoms with Crippen LogP contribution in [-0.2, 0) is 16.1 Å². The number of benzene rings is 2. The second-order valence-electron chi connectivity index (χ2n) is 7.58. The average molecular weight is 406 g/mol. The van der Waals surface area contributed by atoms with Crippen molar-refractivity contribution < 1.29 is 14.4 Å². The van der Waals surface area contributed by atoms with E-state index in [0.29, 0.717) is 38.0 Å². The van der Waals surface area contributed by atoms with E-state index >= 15 is 0 Å². The molecule has 7 nitrogen and oxygen atoms in total. The molecule has 156 valence electrons. The number of nitrogens with one attached hydrogen (secondary N) is 1. The fourth-order valence-corrected chi connectivity index (χ4v) is 3.93. The number of hydrogen-bond acceptors (Lipinski definition) is 5. The van der Waals surface area contributed by atoms with Crippen LogP contribution < -0.4 is 5.32 Å². The number of aryl methyl sites for hydroxylation is 1. The SMILES string of the molecule is CON=C(CN1CCN(C(=O)c2ccc3c(c2)CCC(=O)N3)CC1)c1ccccc1. The third kappa shape index (κ3) is 4.52. The Morgan fingerprint density at radius 2 is 1.80 bits per heavy atom. The first-order chi connectivity index (χ1) is 14.6. The second kappa shape index (κ2) is 9.09. The summed E-state index contributed by atoms with van der Waals surface area (Å²) in [6.07, 6.45) is 1.15. The Labute approximate surface area is 176 Å². The maximum Gasteiger partial charge on any atom is 0.253 e. The van der Waals surface area contributed by atoms with Crippen LogP contribution in [0.5, 0.6) is 0 Å². The van der Waals surface area contributed by atoms with E-state index in [9.17, 15) is 9.59 Å². The molecule has 2 aromatic rings. The molecule has 0 atom stereocenters. The number of piperazine rings is 1. The van der Waals surface area contributed by atoms with Crippen molar-refractivity contribution in [3.05, 3.63) is 65.2 Å². The molecule has 2 aromatic carbocycles. The Morgan fingerprint density at radius 3 is 2.53 bits per heavy atom. The molecule has 2 heterocycles. The van der Waals surface area contributed by atoms with E-state index in [1.165, 1.54) is 0 Å². The lowest BCUT2D eigenvalue weighted by molar-refractivity contribution is -0.116. The fraction of sp³-hybridized carbons (Fsp3) is 0.348. The number of carbonyl (C=O) groups is 2. The minimum atomic E-state index is 0.0320. The molecule has 0 unspecified atom stereocenters. The number of nitrogens with zero attached hydrogens (tertiary/aromatic N) is 3. The highest BCUT2D eigenvalue weighted by atomic mass is 16.6. The summed E-state index contributed by atoms with van der Waals surface area (Å²) in [6, 6.07) is 15.6. The molecule has 7 heteroatoms. The topological polar surface area (TPSA) is 74.2 Å². The molecule has 4 rings (SSSR count). The van der Waals surface area contributed by atoms with E-state index in [2.05, 4.69) is 15.4 Å². The number of hydrogen-bond donors (Lipinski definition) is 1. The van der Waals surface area contributed by atoms with Gasteiger partial charge in [-0.3, -0.25) is 14.5 Å². The van der Waals surface area contributed by atoms with Crippen LogP contribution in [0.25, 0.3) is 0 Å². The third-order valence-corrected chi connectivity index (χ3v) is 5.59. The van der Waals surface area contributed by atoms with Crippen molar-refractivity contribution in [2.45, 2.75) is 12.8 Å². The first kappa shape index (κ1) is 20.1. The van der Waals surface area contributed by atoms with Crippen LogP contribution in [0.1, 0.15) is 27.9 Å². The monoisotopic (exact) mass is 406 g/mol. The maximum absolute atomic E-state index is 13.0. The smallest absolute Gasteiger partial charge is 0.253 e. The van der Waals surface area contributed by atoms with Crippen molar-refractivity contribution in [1.82, 2.24) is 9.80 Å². The Hall–Kier alpha value is -3.19. The lowest BCUT2D eigenvalue weighted by Gasteiger charge is -2.35. The number of carbonyl (C=O) groups excluding carboxylic acids is 2. The van der Waals surface area contributed by atoms with Gasteiger partial charge in [-0.05, 0) is 30.2 Å².